The van der Waals surface area contributed by atoms with E-state index in [2.05, 4.69) is 15.8 Å². The molecule has 7 heteroatoms. The molecule has 1 amide bonds. The zero-order valence-corrected chi connectivity index (χ0v) is 14.0. The number of hydrogen-bond acceptors (Lipinski definition) is 4. The predicted octanol–water partition coefficient (Wildman–Crippen LogP) is 4.87. The van der Waals surface area contributed by atoms with Crippen LogP contribution >= 0.6 is 34.5 Å². The maximum Gasteiger partial charge on any atom is 0.298 e. The number of carbonyl (C=O) groups is 1. The van der Waals surface area contributed by atoms with E-state index in [1.54, 1.807) is 35.7 Å². The summed E-state index contributed by atoms with van der Waals surface area (Å²) >= 11 is 13.2. The van der Waals surface area contributed by atoms with E-state index in [0.717, 1.165) is 11.3 Å². The number of rotatable bonds is 4. The van der Waals surface area contributed by atoms with Crippen molar-refractivity contribution in [1.82, 2.24) is 10.4 Å². The Balaban J connectivity index is 1.69. The van der Waals surface area contributed by atoms with Crippen LogP contribution in [-0.4, -0.2) is 10.9 Å². The number of benzene rings is 2. The number of amides is 1. The molecule has 2 N–H and O–H groups in total. The van der Waals surface area contributed by atoms with Crippen molar-refractivity contribution in [3.63, 3.8) is 0 Å². The molecule has 23 heavy (non-hydrogen) atoms. The highest BCUT2D eigenvalue weighted by molar-refractivity contribution is 7.12. The summed E-state index contributed by atoms with van der Waals surface area (Å²) < 4.78 is 0. The standard InChI is InChI=1S/C16H11Cl2N3OS/c17-10-5-7-11(8-6-10)20-21-15(22)16-19-14(9-23-16)12-3-1-2-4-13(12)18/h1-9,20H,(H,21,22). The SMILES string of the molecule is O=C(NNc1ccc(Cl)cc1)c1nc(-c2ccccc2Cl)cs1. The zero-order valence-electron chi connectivity index (χ0n) is 11.7. The van der Waals surface area contributed by atoms with Crippen molar-refractivity contribution in [2.45, 2.75) is 0 Å². The molecule has 0 radical (unpaired) electrons. The van der Waals surface area contributed by atoms with Gasteiger partial charge in [0.15, 0.2) is 5.01 Å². The lowest BCUT2D eigenvalue weighted by Crippen LogP contribution is -2.29. The molecule has 3 aromatic rings. The van der Waals surface area contributed by atoms with Crippen molar-refractivity contribution >= 4 is 46.1 Å². The first-order valence-corrected chi connectivity index (χ1v) is 8.29. The Morgan fingerprint density at radius 2 is 1.78 bits per heavy atom. The van der Waals surface area contributed by atoms with Gasteiger partial charge in [0.1, 0.15) is 0 Å². The van der Waals surface area contributed by atoms with Crippen LogP contribution in [0.25, 0.3) is 11.3 Å². The van der Waals surface area contributed by atoms with E-state index in [1.165, 1.54) is 11.3 Å². The number of halogens is 2. The highest BCUT2D eigenvalue weighted by atomic mass is 35.5. The summed E-state index contributed by atoms with van der Waals surface area (Å²) in [7, 11) is 0. The van der Waals surface area contributed by atoms with E-state index in [0.29, 0.717) is 20.7 Å². The fourth-order valence-corrected chi connectivity index (χ4v) is 2.96. The predicted molar refractivity (Wildman–Crippen MR) is 95.1 cm³/mol. The number of thiazole rings is 1. The normalized spacial score (nSPS) is 10.3. The Morgan fingerprint density at radius 3 is 2.52 bits per heavy atom. The first kappa shape index (κ1) is 15.8. The average Bonchev–Trinajstić information content (AvgIpc) is 3.04. The lowest BCUT2D eigenvalue weighted by atomic mass is 10.2. The van der Waals surface area contributed by atoms with Gasteiger partial charge in [-0.3, -0.25) is 15.6 Å². The summed E-state index contributed by atoms with van der Waals surface area (Å²) in [5, 5.41) is 3.38. The minimum atomic E-state index is -0.316. The van der Waals surface area contributed by atoms with Crippen molar-refractivity contribution in [3.8, 4) is 11.3 Å². The molecule has 0 saturated carbocycles. The van der Waals surface area contributed by atoms with Gasteiger partial charge in [-0.15, -0.1) is 11.3 Å². The third-order valence-corrected chi connectivity index (χ3v) is 4.44. The van der Waals surface area contributed by atoms with Crippen LogP contribution in [-0.2, 0) is 0 Å². The maximum atomic E-state index is 12.1. The number of nitrogens with zero attached hydrogens (tertiary/aromatic N) is 1. The van der Waals surface area contributed by atoms with Crippen LogP contribution in [0, 0.1) is 0 Å². The van der Waals surface area contributed by atoms with Gasteiger partial charge >= 0.3 is 0 Å². The van der Waals surface area contributed by atoms with Gasteiger partial charge in [-0.05, 0) is 30.3 Å². The highest BCUT2D eigenvalue weighted by Crippen LogP contribution is 2.28. The molecule has 0 aliphatic heterocycles. The molecule has 0 aliphatic carbocycles. The molecule has 0 bridgehead atoms. The number of hydrogen-bond donors (Lipinski definition) is 2. The third kappa shape index (κ3) is 3.82. The minimum Gasteiger partial charge on any atom is -0.298 e. The monoisotopic (exact) mass is 363 g/mol. The maximum absolute atomic E-state index is 12.1. The largest absolute Gasteiger partial charge is 0.298 e. The first-order chi connectivity index (χ1) is 11.1. The van der Waals surface area contributed by atoms with Gasteiger partial charge in [0.2, 0.25) is 0 Å². The van der Waals surface area contributed by atoms with Crippen LogP contribution in [0.2, 0.25) is 10.0 Å². The van der Waals surface area contributed by atoms with E-state index in [1.807, 2.05) is 18.2 Å². The van der Waals surface area contributed by atoms with Gasteiger partial charge in [-0.1, -0.05) is 41.4 Å². The molecule has 0 unspecified atom stereocenters. The van der Waals surface area contributed by atoms with Gasteiger partial charge in [-0.2, -0.15) is 0 Å². The molecule has 0 aliphatic rings. The number of anilines is 1. The lowest BCUT2D eigenvalue weighted by Gasteiger charge is -2.06. The van der Waals surface area contributed by atoms with Crippen molar-refractivity contribution in [2.24, 2.45) is 0 Å². The Hall–Kier alpha value is -2.08. The van der Waals surface area contributed by atoms with E-state index in [-0.39, 0.29) is 5.91 Å². The Bertz CT molecular complexity index is 833. The molecule has 0 spiro atoms. The average molecular weight is 364 g/mol. The highest BCUT2D eigenvalue weighted by Gasteiger charge is 2.13. The fraction of sp³-hybridized carbons (Fsp3) is 0. The second-order valence-corrected chi connectivity index (χ2v) is 6.31. The number of carbonyl (C=O) groups excluding carboxylic acids is 1. The van der Waals surface area contributed by atoms with Gasteiger partial charge < -0.3 is 0 Å². The van der Waals surface area contributed by atoms with E-state index in [9.17, 15) is 4.79 Å². The fourth-order valence-electron chi connectivity index (χ4n) is 1.89. The number of nitrogens with one attached hydrogen (secondary N) is 2. The Kier molecular flexibility index (Phi) is 4.81. The third-order valence-electron chi connectivity index (χ3n) is 3.01. The van der Waals surface area contributed by atoms with Gasteiger partial charge in [0.25, 0.3) is 5.91 Å². The van der Waals surface area contributed by atoms with Crippen LogP contribution in [0.1, 0.15) is 9.80 Å². The molecule has 1 aromatic heterocycles. The zero-order chi connectivity index (χ0) is 16.2. The van der Waals surface area contributed by atoms with Crippen LogP contribution in [0.3, 0.4) is 0 Å². The second-order valence-electron chi connectivity index (χ2n) is 4.60. The van der Waals surface area contributed by atoms with Crippen molar-refractivity contribution in [2.75, 3.05) is 5.43 Å². The smallest absolute Gasteiger partial charge is 0.298 e. The van der Waals surface area contributed by atoms with Crippen LogP contribution in [0.4, 0.5) is 5.69 Å². The van der Waals surface area contributed by atoms with Gasteiger partial charge in [-0.25, -0.2) is 4.98 Å². The molecular weight excluding hydrogens is 353 g/mol. The van der Waals surface area contributed by atoms with Crippen LogP contribution in [0.5, 0.6) is 0 Å². The summed E-state index contributed by atoms with van der Waals surface area (Å²) in [6.45, 7) is 0. The molecule has 0 saturated heterocycles. The quantitative estimate of drug-likeness (QED) is 0.649. The minimum absolute atomic E-state index is 0.316. The van der Waals surface area contributed by atoms with Gasteiger partial charge in [0.05, 0.1) is 11.4 Å². The molecule has 2 aromatic carbocycles. The molecule has 0 atom stereocenters. The van der Waals surface area contributed by atoms with E-state index in [4.69, 9.17) is 23.2 Å². The number of aromatic nitrogens is 1. The summed E-state index contributed by atoms with van der Waals surface area (Å²) in [4.78, 5) is 16.5. The molecule has 1 heterocycles. The second kappa shape index (κ2) is 7.00. The lowest BCUT2D eigenvalue weighted by molar-refractivity contribution is 0.0962. The van der Waals surface area contributed by atoms with E-state index >= 15 is 0 Å². The molecule has 0 fully saturated rings. The molecule has 116 valence electrons. The molecule has 3 rings (SSSR count). The van der Waals surface area contributed by atoms with Crippen molar-refractivity contribution in [1.29, 1.82) is 0 Å². The summed E-state index contributed by atoms with van der Waals surface area (Å²) in [5.41, 5.74) is 7.62. The topological polar surface area (TPSA) is 54.0 Å². The Labute approximate surface area is 147 Å². The van der Waals surface area contributed by atoms with E-state index < -0.39 is 0 Å². The molecular formula is C16H11Cl2N3OS. The number of hydrazine groups is 1. The summed E-state index contributed by atoms with van der Waals surface area (Å²) in [6, 6.07) is 14.4. The van der Waals surface area contributed by atoms with Crippen molar-refractivity contribution in [3.05, 3.63) is 69.0 Å². The molecule has 4 nitrogen and oxygen atoms in total. The summed E-state index contributed by atoms with van der Waals surface area (Å²) in [5.74, 6) is -0.316. The first-order valence-electron chi connectivity index (χ1n) is 6.66. The van der Waals surface area contributed by atoms with Gasteiger partial charge in [0, 0.05) is 21.0 Å². The van der Waals surface area contributed by atoms with Crippen LogP contribution < -0.4 is 10.9 Å². The van der Waals surface area contributed by atoms with Crippen LogP contribution in [0.15, 0.2) is 53.9 Å². The summed E-state index contributed by atoms with van der Waals surface area (Å²) in [6.07, 6.45) is 0. The Morgan fingerprint density at radius 1 is 1.04 bits per heavy atom. The van der Waals surface area contributed by atoms with Crippen molar-refractivity contribution < 1.29 is 4.79 Å².